The van der Waals surface area contributed by atoms with Gasteiger partial charge in [-0.2, -0.15) is 0 Å². The third-order valence-electron chi connectivity index (χ3n) is 8.00. The lowest BCUT2D eigenvalue weighted by Crippen LogP contribution is -2.39. The lowest BCUT2D eigenvalue weighted by Gasteiger charge is -2.36. The van der Waals surface area contributed by atoms with E-state index in [9.17, 15) is 14.4 Å². The highest BCUT2D eigenvalue weighted by atomic mass is 16.5. The van der Waals surface area contributed by atoms with Gasteiger partial charge in [-0.1, -0.05) is 24.3 Å². The fraction of sp³-hybridized carbons (Fsp3) is 0.531. The Morgan fingerprint density at radius 1 is 1.00 bits per heavy atom. The van der Waals surface area contributed by atoms with Gasteiger partial charge in [-0.3, -0.25) is 14.5 Å². The van der Waals surface area contributed by atoms with Crippen LogP contribution in [0.3, 0.4) is 0 Å². The van der Waals surface area contributed by atoms with E-state index in [-0.39, 0.29) is 17.8 Å². The van der Waals surface area contributed by atoms with Crippen LogP contribution in [0.15, 0.2) is 42.5 Å². The van der Waals surface area contributed by atoms with Crippen LogP contribution in [0.1, 0.15) is 72.0 Å². The number of carbonyl (C=O) groups excluding carboxylic acids is 3. The number of aryl methyl sites for hydroxylation is 1. The summed E-state index contributed by atoms with van der Waals surface area (Å²) in [5.41, 5.74) is 4.29. The summed E-state index contributed by atoms with van der Waals surface area (Å²) in [6, 6.07) is 14.3. The second-order valence-electron chi connectivity index (χ2n) is 10.7. The van der Waals surface area contributed by atoms with E-state index in [1.54, 1.807) is 0 Å². The first-order valence-electron chi connectivity index (χ1n) is 14.5. The Hall–Kier alpha value is -3.39. The Kier molecular flexibility index (Phi) is 11.0. The largest absolute Gasteiger partial charge is 0.493 e. The van der Waals surface area contributed by atoms with Gasteiger partial charge in [0.05, 0.1) is 26.4 Å². The van der Waals surface area contributed by atoms with Crippen molar-refractivity contribution in [2.24, 2.45) is 0 Å². The highest BCUT2D eigenvalue weighted by molar-refractivity contribution is 5.89. The first-order chi connectivity index (χ1) is 19.5. The molecule has 0 saturated carbocycles. The summed E-state index contributed by atoms with van der Waals surface area (Å²) in [7, 11) is 2.82. The van der Waals surface area contributed by atoms with Crippen molar-refractivity contribution >= 4 is 17.8 Å². The Morgan fingerprint density at radius 3 is 2.55 bits per heavy atom. The summed E-state index contributed by atoms with van der Waals surface area (Å²) >= 11 is 0. The summed E-state index contributed by atoms with van der Waals surface area (Å²) in [5.74, 6) is 0.691. The maximum absolute atomic E-state index is 11.9. The van der Waals surface area contributed by atoms with Crippen molar-refractivity contribution in [3.8, 4) is 5.75 Å². The number of hydrogen-bond donors (Lipinski definition) is 0. The molecule has 2 aromatic rings. The first kappa shape index (κ1) is 29.6. The van der Waals surface area contributed by atoms with E-state index in [1.165, 1.54) is 25.3 Å². The number of nitrogens with zero attached hydrogens (tertiary/aromatic N) is 2. The summed E-state index contributed by atoms with van der Waals surface area (Å²) < 4.78 is 15.9. The zero-order valence-corrected chi connectivity index (χ0v) is 23.9. The minimum absolute atomic E-state index is 0.174. The van der Waals surface area contributed by atoms with E-state index in [0.29, 0.717) is 31.1 Å². The van der Waals surface area contributed by atoms with Gasteiger partial charge in [0.25, 0.3) is 0 Å². The normalized spacial score (nSPS) is 16.6. The van der Waals surface area contributed by atoms with Crippen LogP contribution in [-0.2, 0) is 38.4 Å². The van der Waals surface area contributed by atoms with E-state index in [0.717, 1.165) is 82.4 Å². The minimum Gasteiger partial charge on any atom is -0.493 e. The van der Waals surface area contributed by atoms with E-state index >= 15 is 0 Å². The molecule has 0 bridgehead atoms. The number of methoxy groups -OCH3 is 2. The number of benzene rings is 2. The van der Waals surface area contributed by atoms with Crippen LogP contribution in [0, 0.1) is 0 Å². The Morgan fingerprint density at radius 2 is 1.82 bits per heavy atom. The van der Waals surface area contributed by atoms with Gasteiger partial charge in [-0.15, -0.1) is 0 Å². The lowest BCUT2D eigenvalue weighted by molar-refractivity contribution is -0.140. The molecule has 1 aliphatic heterocycles. The van der Waals surface area contributed by atoms with Crippen molar-refractivity contribution in [1.82, 2.24) is 9.80 Å². The number of carbonyl (C=O) groups is 3. The molecule has 1 atom stereocenters. The summed E-state index contributed by atoms with van der Waals surface area (Å²) in [5, 5.41) is 0. The van der Waals surface area contributed by atoms with Crippen molar-refractivity contribution in [3.63, 3.8) is 0 Å². The van der Waals surface area contributed by atoms with Gasteiger partial charge in [0, 0.05) is 38.5 Å². The van der Waals surface area contributed by atoms with E-state index in [1.807, 2.05) is 29.2 Å². The molecule has 8 nitrogen and oxygen atoms in total. The van der Waals surface area contributed by atoms with Gasteiger partial charge in [-0.25, -0.2) is 4.79 Å². The van der Waals surface area contributed by atoms with E-state index < -0.39 is 0 Å². The molecule has 4 rings (SSSR count). The number of amides is 1. The molecule has 2 aromatic carbocycles. The van der Waals surface area contributed by atoms with Crippen LogP contribution in [0.4, 0.5) is 0 Å². The number of hydrogen-bond acceptors (Lipinski definition) is 7. The molecule has 40 heavy (non-hydrogen) atoms. The van der Waals surface area contributed by atoms with Crippen LogP contribution in [-0.4, -0.2) is 74.1 Å². The molecule has 1 unspecified atom stereocenters. The summed E-state index contributed by atoms with van der Waals surface area (Å²) in [4.78, 5) is 39.8. The highest BCUT2D eigenvalue weighted by Gasteiger charge is 2.27. The molecule has 8 heteroatoms. The highest BCUT2D eigenvalue weighted by Crippen LogP contribution is 2.32. The second kappa shape index (κ2) is 14.8. The molecule has 0 N–H and O–H groups in total. The Labute approximate surface area is 237 Å². The summed E-state index contributed by atoms with van der Waals surface area (Å²) in [6.07, 6.45) is 7.48. The maximum atomic E-state index is 11.9. The average molecular weight is 551 g/mol. The van der Waals surface area contributed by atoms with E-state index in [4.69, 9.17) is 14.2 Å². The van der Waals surface area contributed by atoms with Crippen LogP contribution in [0.2, 0.25) is 0 Å². The molecule has 1 saturated heterocycles. The fourth-order valence-corrected chi connectivity index (χ4v) is 5.74. The Balaban J connectivity index is 1.41. The topological polar surface area (TPSA) is 85.4 Å². The van der Waals surface area contributed by atoms with Gasteiger partial charge in [-0.05, 0) is 86.4 Å². The molecule has 1 fully saturated rings. The number of rotatable bonds is 14. The SMILES string of the molecule is COC(=O)CCCCN(Cc1ccc(C(=O)OC)cc1)C1CCc2cccc(OCCCN3CCCC3=O)c2C1. The maximum Gasteiger partial charge on any atom is 0.337 e. The molecule has 0 spiro atoms. The van der Waals surface area contributed by atoms with E-state index in [2.05, 4.69) is 23.1 Å². The number of fused-ring (bicyclic) bond motifs is 1. The molecular formula is C32H42N2O6. The van der Waals surface area contributed by atoms with Crippen molar-refractivity contribution in [3.05, 3.63) is 64.7 Å². The average Bonchev–Trinajstić information content (AvgIpc) is 3.40. The number of unbranched alkanes of at least 4 members (excludes halogenated alkanes) is 1. The lowest BCUT2D eigenvalue weighted by atomic mass is 9.86. The van der Waals surface area contributed by atoms with Crippen LogP contribution < -0.4 is 4.74 Å². The third-order valence-corrected chi connectivity index (χ3v) is 8.00. The van der Waals surface area contributed by atoms with Crippen molar-refractivity contribution in [1.29, 1.82) is 0 Å². The van der Waals surface area contributed by atoms with Gasteiger partial charge < -0.3 is 19.1 Å². The quantitative estimate of drug-likeness (QED) is 0.252. The number of esters is 2. The molecule has 1 heterocycles. The smallest absolute Gasteiger partial charge is 0.337 e. The van der Waals surface area contributed by atoms with Crippen LogP contribution in [0.5, 0.6) is 5.75 Å². The van der Waals surface area contributed by atoms with Crippen LogP contribution >= 0.6 is 0 Å². The zero-order valence-electron chi connectivity index (χ0n) is 23.9. The standard InChI is InChI=1S/C32H42N2O6/c1-38-31(36)11-3-4-18-34(23-24-12-14-26(15-13-24)32(37)39-2)27-17-16-25-8-5-9-29(28(25)22-27)40-21-7-20-33-19-6-10-30(33)35/h5,8-9,12-15,27H,3-4,6-7,10-11,16-23H2,1-2H3. The van der Waals surface area contributed by atoms with Gasteiger partial charge in [0.2, 0.25) is 5.91 Å². The predicted molar refractivity (Wildman–Crippen MR) is 152 cm³/mol. The molecule has 0 aromatic heterocycles. The van der Waals surface area contributed by atoms with Crippen molar-refractivity contribution in [2.45, 2.75) is 70.4 Å². The fourth-order valence-electron chi connectivity index (χ4n) is 5.74. The monoisotopic (exact) mass is 550 g/mol. The molecule has 2 aliphatic rings. The second-order valence-corrected chi connectivity index (χ2v) is 10.7. The molecule has 0 radical (unpaired) electrons. The zero-order chi connectivity index (χ0) is 28.3. The van der Waals surface area contributed by atoms with Crippen molar-refractivity contribution < 1.29 is 28.6 Å². The molecule has 1 aliphatic carbocycles. The number of likely N-dealkylation sites (tertiary alicyclic amines) is 1. The first-order valence-corrected chi connectivity index (χ1v) is 14.5. The molecule has 1 amide bonds. The Bertz CT molecular complexity index is 1150. The molecular weight excluding hydrogens is 508 g/mol. The molecule has 216 valence electrons. The van der Waals surface area contributed by atoms with Gasteiger partial charge in [0.15, 0.2) is 0 Å². The predicted octanol–water partition coefficient (Wildman–Crippen LogP) is 4.57. The minimum atomic E-state index is -0.338. The number of ether oxygens (including phenoxy) is 3. The summed E-state index contributed by atoms with van der Waals surface area (Å²) in [6.45, 7) is 3.83. The van der Waals surface area contributed by atoms with Crippen molar-refractivity contribution in [2.75, 3.05) is 40.5 Å². The third kappa shape index (κ3) is 8.07. The van der Waals surface area contributed by atoms with Gasteiger partial charge in [0.1, 0.15) is 5.75 Å². The van der Waals surface area contributed by atoms with Crippen LogP contribution in [0.25, 0.3) is 0 Å². The van der Waals surface area contributed by atoms with Gasteiger partial charge >= 0.3 is 11.9 Å².